The van der Waals surface area contributed by atoms with Gasteiger partial charge in [0.15, 0.2) is 0 Å². The van der Waals surface area contributed by atoms with E-state index in [4.69, 9.17) is 5.73 Å². The molecular weight excluding hydrogens is 206 g/mol. The standard InChI is InChI=1S/C11H25N3O2/c1-10(2,12)6-9(15)13-7-11(3,16)8-14(4)5/h16H,6-8,12H2,1-5H3,(H,13,15). The second-order valence-corrected chi connectivity index (χ2v) is 5.68. The lowest BCUT2D eigenvalue weighted by molar-refractivity contribution is -0.123. The van der Waals surface area contributed by atoms with E-state index >= 15 is 0 Å². The van der Waals surface area contributed by atoms with Crippen molar-refractivity contribution in [2.24, 2.45) is 5.73 Å². The Morgan fingerprint density at radius 1 is 1.38 bits per heavy atom. The van der Waals surface area contributed by atoms with Gasteiger partial charge < -0.3 is 21.1 Å². The highest BCUT2D eigenvalue weighted by molar-refractivity contribution is 5.77. The maximum Gasteiger partial charge on any atom is 0.221 e. The normalized spacial score (nSPS) is 16.0. The van der Waals surface area contributed by atoms with Crippen molar-refractivity contribution >= 4 is 5.91 Å². The average Bonchev–Trinajstić information content (AvgIpc) is 1.95. The zero-order valence-electron chi connectivity index (χ0n) is 11.0. The van der Waals surface area contributed by atoms with E-state index < -0.39 is 11.1 Å². The Balaban J connectivity index is 4.00. The Morgan fingerprint density at radius 3 is 2.25 bits per heavy atom. The summed E-state index contributed by atoms with van der Waals surface area (Å²) in [7, 11) is 3.75. The lowest BCUT2D eigenvalue weighted by Crippen LogP contribution is -2.48. The number of carbonyl (C=O) groups is 1. The first-order chi connectivity index (χ1) is 7.02. The van der Waals surface area contributed by atoms with Gasteiger partial charge in [-0.1, -0.05) is 0 Å². The van der Waals surface area contributed by atoms with E-state index in [9.17, 15) is 9.90 Å². The van der Waals surface area contributed by atoms with Crippen molar-refractivity contribution in [3.05, 3.63) is 0 Å². The molecule has 16 heavy (non-hydrogen) atoms. The first kappa shape index (κ1) is 15.3. The highest BCUT2D eigenvalue weighted by Gasteiger charge is 2.23. The van der Waals surface area contributed by atoms with Crippen molar-refractivity contribution in [3.8, 4) is 0 Å². The lowest BCUT2D eigenvalue weighted by Gasteiger charge is -2.27. The second-order valence-electron chi connectivity index (χ2n) is 5.68. The third-order valence-electron chi connectivity index (χ3n) is 1.94. The molecule has 96 valence electrons. The van der Waals surface area contributed by atoms with Crippen LogP contribution in [0.3, 0.4) is 0 Å². The molecule has 5 nitrogen and oxygen atoms in total. The van der Waals surface area contributed by atoms with Gasteiger partial charge in [0.05, 0.1) is 5.60 Å². The van der Waals surface area contributed by atoms with Crippen molar-refractivity contribution in [1.29, 1.82) is 0 Å². The van der Waals surface area contributed by atoms with E-state index in [1.54, 1.807) is 20.8 Å². The van der Waals surface area contributed by atoms with Crippen molar-refractivity contribution in [3.63, 3.8) is 0 Å². The number of likely N-dealkylation sites (N-methyl/N-ethyl adjacent to an activating group) is 1. The van der Waals surface area contributed by atoms with Crippen LogP contribution in [0.2, 0.25) is 0 Å². The van der Waals surface area contributed by atoms with Crippen molar-refractivity contribution < 1.29 is 9.90 Å². The summed E-state index contributed by atoms with van der Waals surface area (Å²) >= 11 is 0. The molecule has 0 spiro atoms. The smallest absolute Gasteiger partial charge is 0.221 e. The number of rotatable bonds is 6. The summed E-state index contributed by atoms with van der Waals surface area (Å²) in [5.74, 6) is -0.133. The summed E-state index contributed by atoms with van der Waals surface area (Å²) < 4.78 is 0. The fourth-order valence-corrected chi connectivity index (χ4v) is 1.50. The third kappa shape index (κ3) is 8.64. The second kappa shape index (κ2) is 5.61. The van der Waals surface area contributed by atoms with E-state index in [0.717, 1.165) is 0 Å². The van der Waals surface area contributed by atoms with Crippen molar-refractivity contribution in [2.45, 2.75) is 38.3 Å². The van der Waals surface area contributed by atoms with Gasteiger partial charge in [0, 0.05) is 25.0 Å². The monoisotopic (exact) mass is 231 g/mol. The van der Waals surface area contributed by atoms with Crippen LogP contribution < -0.4 is 11.1 Å². The lowest BCUT2D eigenvalue weighted by atomic mass is 10.0. The van der Waals surface area contributed by atoms with Crippen LogP contribution in [0.15, 0.2) is 0 Å². The van der Waals surface area contributed by atoms with Crippen molar-refractivity contribution in [2.75, 3.05) is 27.2 Å². The quantitative estimate of drug-likeness (QED) is 0.578. The SMILES string of the molecule is CN(C)CC(C)(O)CNC(=O)CC(C)(C)N. The Labute approximate surface area is 98.0 Å². The van der Waals surface area contributed by atoms with Crippen LogP contribution >= 0.6 is 0 Å². The van der Waals surface area contributed by atoms with Gasteiger partial charge in [0.2, 0.25) is 5.91 Å². The summed E-state index contributed by atoms with van der Waals surface area (Å²) in [6.45, 7) is 6.02. The molecule has 0 aromatic carbocycles. The Hall–Kier alpha value is -0.650. The topological polar surface area (TPSA) is 78.6 Å². The minimum absolute atomic E-state index is 0.133. The van der Waals surface area contributed by atoms with Crippen LogP contribution in [0.4, 0.5) is 0 Å². The molecule has 0 fully saturated rings. The molecule has 0 heterocycles. The van der Waals surface area contributed by atoms with Crippen LogP contribution in [-0.4, -0.2) is 54.2 Å². The molecule has 1 atom stereocenters. The van der Waals surface area contributed by atoms with Gasteiger partial charge in [0.25, 0.3) is 0 Å². The summed E-state index contributed by atoms with van der Waals surface area (Å²) in [5, 5.41) is 12.6. The number of carbonyl (C=O) groups excluding carboxylic acids is 1. The van der Waals surface area contributed by atoms with Gasteiger partial charge in [0.1, 0.15) is 0 Å². The van der Waals surface area contributed by atoms with E-state index in [1.165, 1.54) is 0 Å². The van der Waals surface area contributed by atoms with Gasteiger partial charge in [-0.25, -0.2) is 0 Å². The van der Waals surface area contributed by atoms with Gasteiger partial charge >= 0.3 is 0 Å². The van der Waals surface area contributed by atoms with Gasteiger partial charge in [-0.15, -0.1) is 0 Å². The molecule has 1 unspecified atom stereocenters. The van der Waals surface area contributed by atoms with E-state index in [1.807, 2.05) is 19.0 Å². The minimum atomic E-state index is -0.919. The maximum absolute atomic E-state index is 11.5. The summed E-state index contributed by atoms with van der Waals surface area (Å²) in [6, 6.07) is 0. The molecule has 0 aromatic rings. The Morgan fingerprint density at radius 2 is 1.88 bits per heavy atom. The number of hydrogen-bond acceptors (Lipinski definition) is 4. The molecule has 0 aliphatic rings. The number of nitrogens with zero attached hydrogens (tertiary/aromatic N) is 1. The summed E-state index contributed by atoms with van der Waals surface area (Å²) in [6.07, 6.45) is 0.255. The number of aliphatic hydroxyl groups is 1. The number of nitrogens with one attached hydrogen (secondary N) is 1. The zero-order chi connectivity index (χ0) is 13.0. The maximum atomic E-state index is 11.5. The minimum Gasteiger partial charge on any atom is -0.387 e. The van der Waals surface area contributed by atoms with Crippen LogP contribution in [-0.2, 0) is 4.79 Å². The van der Waals surface area contributed by atoms with Crippen LogP contribution in [0.25, 0.3) is 0 Å². The first-order valence-corrected chi connectivity index (χ1v) is 5.44. The molecular formula is C11H25N3O2. The highest BCUT2D eigenvalue weighted by Crippen LogP contribution is 2.05. The molecule has 1 amide bonds. The van der Waals surface area contributed by atoms with E-state index in [0.29, 0.717) is 6.54 Å². The molecule has 5 heteroatoms. The molecule has 0 rings (SSSR count). The van der Waals surface area contributed by atoms with E-state index in [2.05, 4.69) is 5.32 Å². The number of amides is 1. The average molecular weight is 231 g/mol. The molecule has 0 saturated carbocycles. The predicted octanol–water partition coefficient (Wildman–Crippen LogP) is -0.457. The third-order valence-corrected chi connectivity index (χ3v) is 1.94. The molecule has 4 N–H and O–H groups in total. The Bertz CT molecular complexity index is 232. The van der Waals surface area contributed by atoms with Gasteiger partial charge in [-0.3, -0.25) is 4.79 Å². The predicted molar refractivity (Wildman–Crippen MR) is 65.1 cm³/mol. The molecule has 0 aliphatic heterocycles. The largest absolute Gasteiger partial charge is 0.387 e. The van der Waals surface area contributed by atoms with Crippen molar-refractivity contribution in [1.82, 2.24) is 10.2 Å². The fraction of sp³-hybridized carbons (Fsp3) is 0.909. The Kier molecular flexibility index (Phi) is 5.38. The van der Waals surface area contributed by atoms with E-state index in [-0.39, 0.29) is 18.9 Å². The zero-order valence-corrected chi connectivity index (χ0v) is 11.0. The van der Waals surface area contributed by atoms with Gasteiger partial charge in [-0.05, 0) is 34.9 Å². The summed E-state index contributed by atoms with van der Waals surface area (Å²) in [5.41, 5.74) is 4.29. The highest BCUT2D eigenvalue weighted by atomic mass is 16.3. The van der Waals surface area contributed by atoms with Crippen LogP contribution in [0.5, 0.6) is 0 Å². The number of nitrogens with two attached hydrogens (primary N) is 1. The molecule has 0 bridgehead atoms. The van der Waals surface area contributed by atoms with Crippen LogP contribution in [0.1, 0.15) is 27.2 Å². The summed E-state index contributed by atoms with van der Waals surface area (Å²) in [4.78, 5) is 13.3. The van der Waals surface area contributed by atoms with Crippen LogP contribution in [0, 0.1) is 0 Å². The molecule has 0 aromatic heterocycles. The molecule has 0 aliphatic carbocycles. The van der Waals surface area contributed by atoms with Gasteiger partial charge in [-0.2, -0.15) is 0 Å². The first-order valence-electron chi connectivity index (χ1n) is 5.44. The molecule has 0 radical (unpaired) electrons. The number of hydrogen-bond donors (Lipinski definition) is 3. The fourth-order valence-electron chi connectivity index (χ4n) is 1.50. The molecule has 0 saturated heterocycles.